The van der Waals surface area contributed by atoms with E-state index in [-0.39, 0.29) is 11.7 Å². The lowest BCUT2D eigenvalue weighted by atomic mass is 9.81. The van der Waals surface area contributed by atoms with Gasteiger partial charge >= 0.3 is 0 Å². The van der Waals surface area contributed by atoms with Crippen LogP contribution in [0.25, 0.3) is 0 Å². The Kier molecular flexibility index (Phi) is 4.88. The molecule has 1 amide bonds. The summed E-state index contributed by atoms with van der Waals surface area (Å²) in [6.07, 6.45) is 1.58. The van der Waals surface area contributed by atoms with Gasteiger partial charge in [-0.15, -0.1) is 0 Å². The van der Waals surface area contributed by atoms with Crippen molar-refractivity contribution in [2.45, 2.75) is 38.7 Å². The lowest BCUT2D eigenvalue weighted by molar-refractivity contribution is -0.00618. The van der Waals surface area contributed by atoms with Crippen molar-refractivity contribution in [2.75, 3.05) is 13.1 Å². The summed E-state index contributed by atoms with van der Waals surface area (Å²) in [5.74, 6) is 0.696. The quantitative estimate of drug-likeness (QED) is 0.636. The molecular weight excluding hydrogens is 397 g/mol. The Morgan fingerprint density at radius 3 is 2.50 bits per heavy atom. The number of hydrogen-bond acceptors (Lipinski definition) is 3. The van der Waals surface area contributed by atoms with Gasteiger partial charge in [-0.1, -0.05) is 29.3 Å². The number of halogens is 2. The van der Waals surface area contributed by atoms with Crippen LogP contribution in [0.5, 0.6) is 5.75 Å². The predicted molar refractivity (Wildman–Crippen MR) is 110 cm³/mol. The van der Waals surface area contributed by atoms with E-state index in [1.807, 2.05) is 26.0 Å². The Labute approximate surface area is 174 Å². The van der Waals surface area contributed by atoms with E-state index in [1.165, 1.54) is 0 Å². The maximum atomic E-state index is 12.8. The molecule has 4 rings (SSSR count). The molecule has 28 heavy (non-hydrogen) atoms. The summed E-state index contributed by atoms with van der Waals surface area (Å²) in [6, 6.07) is 8.83. The summed E-state index contributed by atoms with van der Waals surface area (Å²) in [7, 11) is 0. The Balaban J connectivity index is 1.52. The molecule has 1 saturated heterocycles. The molecule has 0 radical (unpaired) electrons. The van der Waals surface area contributed by atoms with Gasteiger partial charge in [-0.25, -0.2) is 0 Å². The number of carbonyl (C=O) groups excluding carboxylic acids is 2. The molecule has 4 nitrogen and oxygen atoms in total. The molecule has 1 fully saturated rings. The van der Waals surface area contributed by atoms with Crippen molar-refractivity contribution >= 4 is 34.9 Å². The fraction of sp³-hybridized carbons (Fsp3) is 0.364. The number of likely N-dealkylation sites (tertiary alicyclic amines) is 1. The number of rotatable bonds is 1. The number of ketones is 1. The van der Waals surface area contributed by atoms with Crippen molar-refractivity contribution < 1.29 is 14.3 Å². The normalized spacial score (nSPS) is 18.0. The van der Waals surface area contributed by atoms with Crippen LogP contribution in [-0.2, 0) is 0 Å². The molecule has 0 N–H and O–H groups in total. The summed E-state index contributed by atoms with van der Waals surface area (Å²) in [5.41, 5.74) is 2.62. The first-order valence-corrected chi connectivity index (χ1v) is 10.1. The van der Waals surface area contributed by atoms with Crippen molar-refractivity contribution in [3.05, 3.63) is 62.6 Å². The zero-order valence-electron chi connectivity index (χ0n) is 15.9. The van der Waals surface area contributed by atoms with Crippen molar-refractivity contribution in [2.24, 2.45) is 0 Å². The van der Waals surface area contributed by atoms with E-state index in [2.05, 4.69) is 0 Å². The van der Waals surface area contributed by atoms with Gasteiger partial charge in [0.1, 0.15) is 11.4 Å². The van der Waals surface area contributed by atoms with Gasteiger partial charge in [-0.05, 0) is 49.2 Å². The van der Waals surface area contributed by atoms with Gasteiger partial charge in [0.25, 0.3) is 5.91 Å². The van der Waals surface area contributed by atoms with E-state index >= 15 is 0 Å². The van der Waals surface area contributed by atoms with Gasteiger partial charge in [-0.3, -0.25) is 9.59 Å². The van der Waals surface area contributed by atoms with Crippen LogP contribution < -0.4 is 4.74 Å². The highest BCUT2D eigenvalue weighted by Gasteiger charge is 2.44. The number of amides is 1. The zero-order valence-corrected chi connectivity index (χ0v) is 17.4. The molecule has 0 saturated carbocycles. The fourth-order valence-corrected chi connectivity index (χ4v) is 4.66. The van der Waals surface area contributed by atoms with Crippen LogP contribution in [0.3, 0.4) is 0 Å². The van der Waals surface area contributed by atoms with Crippen LogP contribution in [0.2, 0.25) is 10.0 Å². The number of aryl methyl sites for hydroxylation is 2. The third-order valence-corrected chi connectivity index (χ3v) is 6.19. The van der Waals surface area contributed by atoms with Crippen LogP contribution in [-0.4, -0.2) is 35.3 Å². The molecule has 1 spiro atoms. The molecule has 0 aromatic heterocycles. The smallest absolute Gasteiger partial charge is 0.255 e. The average molecular weight is 418 g/mol. The molecule has 2 aromatic rings. The summed E-state index contributed by atoms with van der Waals surface area (Å²) >= 11 is 12.1. The molecule has 146 valence electrons. The van der Waals surface area contributed by atoms with Crippen molar-refractivity contribution in [3.63, 3.8) is 0 Å². The van der Waals surface area contributed by atoms with Crippen LogP contribution in [0, 0.1) is 13.8 Å². The highest BCUT2D eigenvalue weighted by molar-refractivity contribution is 6.36. The first kappa shape index (κ1) is 19.3. The van der Waals surface area contributed by atoms with E-state index in [9.17, 15) is 9.59 Å². The van der Waals surface area contributed by atoms with E-state index in [0.29, 0.717) is 59.3 Å². The number of ether oxygens (including phenoxy) is 1. The predicted octanol–water partition coefficient (Wildman–Crippen LogP) is 5.25. The number of benzene rings is 2. The standard InChI is InChI=1S/C22H21Cl2NO3/c1-13-9-14(2)20-17(10-13)19(26)12-22(28-20)5-7-25(8-6-22)21(27)16-4-3-15(23)11-18(16)24/h3-4,9-11H,5-8,12H2,1-2H3. The number of Topliss-reactive ketones (excluding diaryl/α,β-unsaturated/α-hetero) is 1. The van der Waals surface area contributed by atoms with E-state index in [1.54, 1.807) is 23.1 Å². The monoisotopic (exact) mass is 417 g/mol. The minimum atomic E-state index is -0.537. The van der Waals surface area contributed by atoms with Gasteiger partial charge < -0.3 is 9.64 Å². The average Bonchev–Trinajstić information content (AvgIpc) is 2.63. The Hall–Kier alpha value is -2.04. The van der Waals surface area contributed by atoms with Gasteiger partial charge in [0.05, 0.1) is 22.6 Å². The fourth-order valence-electron chi connectivity index (χ4n) is 4.17. The molecule has 0 bridgehead atoms. The summed E-state index contributed by atoms with van der Waals surface area (Å²) in [6.45, 7) is 4.99. The molecule has 2 aliphatic heterocycles. The second-order valence-electron chi connectivity index (χ2n) is 7.76. The van der Waals surface area contributed by atoms with Gasteiger partial charge in [-0.2, -0.15) is 0 Å². The van der Waals surface area contributed by atoms with Crippen molar-refractivity contribution in [3.8, 4) is 5.75 Å². The van der Waals surface area contributed by atoms with Gasteiger partial charge in [0.2, 0.25) is 0 Å². The second-order valence-corrected chi connectivity index (χ2v) is 8.60. The van der Waals surface area contributed by atoms with Gasteiger partial charge in [0.15, 0.2) is 5.78 Å². The molecular formula is C22H21Cl2NO3. The zero-order chi connectivity index (χ0) is 20.1. The minimum absolute atomic E-state index is 0.119. The highest BCUT2D eigenvalue weighted by Crippen LogP contribution is 2.41. The van der Waals surface area contributed by atoms with Crippen molar-refractivity contribution in [1.82, 2.24) is 4.90 Å². The van der Waals surface area contributed by atoms with Crippen molar-refractivity contribution in [1.29, 1.82) is 0 Å². The molecule has 2 aliphatic rings. The van der Waals surface area contributed by atoms with Crippen LogP contribution in [0.4, 0.5) is 0 Å². The van der Waals surface area contributed by atoms with E-state index in [0.717, 1.165) is 11.1 Å². The second kappa shape index (κ2) is 7.09. The van der Waals surface area contributed by atoms with Crippen LogP contribution >= 0.6 is 23.2 Å². The highest BCUT2D eigenvalue weighted by atomic mass is 35.5. The Morgan fingerprint density at radius 2 is 1.82 bits per heavy atom. The van der Waals surface area contributed by atoms with E-state index in [4.69, 9.17) is 27.9 Å². The van der Waals surface area contributed by atoms with Gasteiger partial charge in [0, 0.05) is 31.0 Å². The first-order chi connectivity index (χ1) is 13.3. The maximum absolute atomic E-state index is 12.8. The lowest BCUT2D eigenvalue weighted by Crippen LogP contribution is -2.52. The van der Waals surface area contributed by atoms with E-state index < -0.39 is 5.60 Å². The number of piperidine rings is 1. The summed E-state index contributed by atoms with van der Waals surface area (Å²) in [5, 5.41) is 0.847. The lowest BCUT2D eigenvalue weighted by Gasteiger charge is -2.44. The molecule has 0 unspecified atom stereocenters. The summed E-state index contributed by atoms with van der Waals surface area (Å²) < 4.78 is 6.39. The SMILES string of the molecule is Cc1cc(C)c2c(c1)C(=O)CC1(CCN(C(=O)c3ccc(Cl)cc3Cl)CC1)O2. The Bertz CT molecular complexity index is 978. The minimum Gasteiger partial charge on any atom is -0.486 e. The topological polar surface area (TPSA) is 46.6 Å². The van der Waals surface area contributed by atoms with Crippen LogP contribution in [0.15, 0.2) is 30.3 Å². The third-order valence-electron chi connectivity index (χ3n) is 5.64. The number of nitrogens with zero attached hydrogens (tertiary/aromatic N) is 1. The molecule has 0 atom stereocenters. The van der Waals surface area contributed by atoms with Crippen LogP contribution in [0.1, 0.15) is 51.1 Å². The molecule has 2 heterocycles. The number of carbonyl (C=O) groups is 2. The first-order valence-electron chi connectivity index (χ1n) is 9.36. The molecule has 2 aromatic carbocycles. The molecule has 6 heteroatoms. The maximum Gasteiger partial charge on any atom is 0.255 e. The molecule has 0 aliphatic carbocycles. The largest absolute Gasteiger partial charge is 0.486 e. The summed E-state index contributed by atoms with van der Waals surface area (Å²) in [4.78, 5) is 27.4. The Morgan fingerprint density at radius 1 is 1.11 bits per heavy atom. The number of hydrogen-bond donors (Lipinski definition) is 0. The number of fused-ring (bicyclic) bond motifs is 1. The third kappa shape index (κ3) is 3.40.